The highest BCUT2D eigenvalue weighted by Crippen LogP contribution is 2.33. The molecule has 2 N–H and O–H groups in total. The summed E-state index contributed by atoms with van der Waals surface area (Å²) in [6.45, 7) is 3.68. The summed E-state index contributed by atoms with van der Waals surface area (Å²) >= 11 is 0. The summed E-state index contributed by atoms with van der Waals surface area (Å²) in [7, 11) is 0. The summed E-state index contributed by atoms with van der Waals surface area (Å²) in [5.74, 6) is -0.822. The maximum atomic E-state index is 10.8. The van der Waals surface area contributed by atoms with Crippen LogP contribution in [-0.2, 0) is 4.79 Å². The van der Waals surface area contributed by atoms with Crippen molar-refractivity contribution < 1.29 is 9.90 Å². The van der Waals surface area contributed by atoms with E-state index >= 15 is 0 Å². The van der Waals surface area contributed by atoms with Gasteiger partial charge in [0.1, 0.15) is 6.04 Å². The van der Waals surface area contributed by atoms with Crippen LogP contribution in [0.15, 0.2) is 29.8 Å². The third-order valence-electron chi connectivity index (χ3n) is 2.93. The van der Waals surface area contributed by atoms with E-state index in [1.54, 1.807) is 6.92 Å². The minimum absolute atomic E-state index is 0.0299. The van der Waals surface area contributed by atoms with E-state index in [1.165, 1.54) is 5.56 Å². The second kappa shape index (κ2) is 4.10. The molecular formula is C13H15NO2. The number of fused-ring (bicyclic) bond motifs is 1. The maximum Gasteiger partial charge on any atom is 0.320 e. The monoisotopic (exact) mass is 217 g/mol. The van der Waals surface area contributed by atoms with Gasteiger partial charge < -0.3 is 5.11 Å². The van der Waals surface area contributed by atoms with E-state index in [4.69, 9.17) is 5.11 Å². The molecule has 0 radical (unpaired) electrons. The predicted molar refractivity (Wildman–Crippen MR) is 63.1 cm³/mol. The molecule has 0 aliphatic heterocycles. The van der Waals surface area contributed by atoms with Gasteiger partial charge in [-0.1, -0.05) is 35.9 Å². The molecule has 0 spiro atoms. The molecule has 3 heteroatoms. The van der Waals surface area contributed by atoms with Crippen LogP contribution in [0.25, 0.3) is 6.08 Å². The first kappa shape index (κ1) is 10.9. The number of rotatable bonds is 3. The first-order chi connectivity index (χ1) is 7.59. The molecule has 16 heavy (non-hydrogen) atoms. The number of benzene rings is 1. The van der Waals surface area contributed by atoms with Gasteiger partial charge in [0.15, 0.2) is 0 Å². The molecule has 0 saturated heterocycles. The molecule has 0 amide bonds. The van der Waals surface area contributed by atoms with Gasteiger partial charge in [0, 0.05) is 0 Å². The van der Waals surface area contributed by atoms with Crippen LogP contribution in [0.2, 0.25) is 0 Å². The Labute approximate surface area is 94.8 Å². The summed E-state index contributed by atoms with van der Waals surface area (Å²) in [6, 6.07) is 7.54. The molecule has 0 unspecified atom stereocenters. The van der Waals surface area contributed by atoms with Gasteiger partial charge in [0.2, 0.25) is 0 Å². The lowest BCUT2D eigenvalue weighted by molar-refractivity contribution is -0.139. The number of carboxylic acids is 1. The lowest BCUT2D eigenvalue weighted by atomic mass is 10.0. The molecule has 0 fully saturated rings. The fraction of sp³-hybridized carbons (Fsp3) is 0.308. The number of aliphatic carboxylic acids is 1. The highest BCUT2D eigenvalue weighted by atomic mass is 16.4. The SMILES string of the molecule is CC1=Cc2ccccc2[C@@H]1N[C@@H](C)C(=O)O. The highest BCUT2D eigenvalue weighted by Gasteiger charge is 2.25. The second-order valence-corrected chi connectivity index (χ2v) is 4.18. The Morgan fingerprint density at radius 1 is 1.44 bits per heavy atom. The Bertz CT molecular complexity index is 451. The van der Waals surface area contributed by atoms with Crippen LogP contribution in [0.3, 0.4) is 0 Å². The van der Waals surface area contributed by atoms with E-state index in [2.05, 4.69) is 11.4 Å². The van der Waals surface area contributed by atoms with Crippen molar-refractivity contribution in [2.45, 2.75) is 25.9 Å². The molecule has 0 bridgehead atoms. The zero-order valence-electron chi connectivity index (χ0n) is 9.40. The van der Waals surface area contributed by atoms with E-state index in [0.717, 1.165) is 11.1 Å². The normalized spacial score (nSPS) is 20.1. The standard InChI is InChI=1S/C13H15NO2/c1-8-7-10-5-3-4-6-11(10)12(8)14-9(2)13(15)16/h3-7,9,12,14H,1-2H3,(H,15,16)/t9-,12+/m0/s1. The van der Waals surface area contributed by atoms with Crippen LogP contribution in [0.5, 0.6) is 0 Å². The zero-order chi connectivity index (χ0) is 11.7. The average molecular weight is 217 g/mol. The molecule has 1 aliphatic carbocycles. The molecule has 84 valence electrons. The van der Waals surface area contributed by atoms with E-state index < -0.39 is 12.0 Å². The minimum Gasteiger partial charge on any atom is -0.480 e. The Balaban J connectivity index is 2.24. The van der Waals surface area contributed by atoms with E-state index in [1.807, 2.05) is 31.2 Å². The van der Waals surface area contributed by atoms with Gasteiger partial charge in [0.05, 0.1) is 6.04 Å². The summed E-state index contributed by atoms with van der Waals surface area (Å²) in [5, 5.41) is 12.0. The van der Waals surface area contributed by atoms with Crippen LogP contribution in [0, 0.1) is 0 Å². The van der Waals surface area contributed by atoms with Crippen molar-refractivity contribution in [2.75, 3.05) is 0 Å². The van der Waals surface area contributed by atoms with Gasteiger partial charge >= 0.3 is 5.97 Å². The first-order valence-electron chi connectivity index (χ1n) is 5.35. The highest BCUT2D eigenvalue weighted by molar-refractivity contribution is 5.73. The lowest BCUT2D eigenvalue weighted by Crippen LogP contribution is -2.36. The third kappa shape index (κ3) is 1.86. The maximum absolute atomic E-state index is 10.8. The van der Waals surface area contributed by atoms with Crippen LogP contribution < -0.4 is 5.32 Å². The smallest absolute Gasteiger partial charge is 0.320 e. The molecule has 0 saturated carbocycles. The fourth-order valence-electron chi connectivity index (χ4n) is 2.02. The Hall–Kier alpha value is -1.61. The van der Waals surface area contributed by atoms with E-state index in [0.29, 0.717) is 0 Å². The summed E-state index contributed by atoms with van der Waals surface area (Å²) < 4.78 is 0. The summed E-state index contributed by atoms with van der Waals surface area (Å²) in [5.41, 5.74) is 3.50. The van der Waals surface area contributed by atoms with Crippen LogP contribution in [0.1, 0.15) is 31.0 Å². The Morgan fingerprint density at radius 3 is 2.81 bits per heavy atom. The van der Waals surface area contributed by atoms with Gasteiger partial charge in [-0.2, -0.15) is 0 Å². The van der Waals surface area contributed by atoms with Crippen LogP contribution >= 0.6 is 0 Å². The molecule has 1 aromatic carbocycles. The summed E-state index contributed by atoms with van der Waals surface area (Å²) in [4.78, 5) is 10.8. The molecule has 1 aromatic rings. The van der Waals surface area contributed by atoms with Gasteiger partial charge in [-0.3, -0.25) is 10.1 Å². The van der Waals surface area contributed by atoms with Crippen molar-refractivity contribution in [2.24, 2.45) is 0 Å². The Kier molecular flexibility index (Phi) is 2.79. The van der Waals surface area contributed by atoms with E-state index in [9.17, 15) is 4.79 Å². The van der Waals surface area contributed by atoms with Crippen molar-refractivity contribution >= 4 is 12.0 Å². The van der Waals surface area contributed by atoms with Crippen LogP contribution in [0.4, 0.5) is 0 Å². The topological polar surface area (TPSA) is 49.3 Å². The second-order valence-electron chi connectivity index (χ2n) is 4.18. The van der Waals surface area contributed by atoms with Gasteiger partial charge in [-0.15, -0.1) is 0 Å². The van der Waals surface area contributed by atoms with Crippen molar-refractivity contribution in [3.63, 3.8) is 0 Å². The van der Waals surface area contributed by atoms with Crippen molar-refractivity contribution in [1.82, 2.24) is 5.32 Å². The van der Waals surface area contributed by atoms with Gasteiger partial charge in [0.25, 0.3) is 0 Å². The quantitative estimate of drug-likeness (QED) is 0.816. The molecule has 2 rings (SSSR count). The molecule has 1 aliphatic rings. The third-order valence-corrected chi connectivity index (χ3v) is 2.93. The molecule has 0 heterocycles. The zero-order valence-corrected chi connectivity index (χ0v) is 9.40. The Morgan fingerprint density at radius 2 is 2.12 bits per heavy atom. The summed E-state index contributed by atoms with van der Waals surface area (Å²) in [6.07, 6.45) is 2.10. The molecule has 0 aromatic heterocycles. The molecule has 2 atom stereocenters. The number of hydrogen-bond acceptors (Lipinski definition) is 2. The number of hydrogen-bond donors (Lipinski definition) is 2. The predicted octanol–water partition coefficient (Wildman–Crippen LogP) is 2.21. The van der Waals surface area contributed by atoms with E-state index in [-0.39, 0.29) is 6.04 Å². The number of carboxylic acid groups (broad SMARTS) is 1. The van der Waals surface area contributed by atoms with Crippen molar-refractivity contribution in [3.05, 3.63) is 41.0 Å². The molecule has 3 nitrogen and oxygen atoms in total. The minimum atomic E-state index is -0.822. The van der Waals surface area contributed by atoms with Crippen LogP contribution in [-0.4, -0.2) is 17.1 Å². The lowest BCUT2D eigenvalue weighted by Gasteiger charge is -2.19. The van der Waals surface area contributed by atoms with Crippen molar-refractivity contribution in [3.8, 4) is 0 Å². The number of nitrogens with one attached hydrogen (secondary N) is 1. The average Bonchev–Trinajstić information content (AvgIpc) is 2.55. The van der Waals surface area contributed by atoms with Crippen molar-refractivity contribution in [1.29, 1.82) is 0 Å². The number of carbonyl (C=O) groups is 1. The van der Waals surface area contributed by atoms with Gasteiger partial charge in [-0.25, -0.2) is 0 Å². The fourth-order valence-corrected chi connectivity index (χ4v) is 2.02. The first-order valence-corrected chi connectivity index (χ1v) is 5.35. The largest absolute Gasteiger partial charge is 0.480 e. The van der Waals surface area contributed by atoms with Gasteiger partial charge in [-0.05, 0) is 25.0 Å². The molecular weight excluding hydrogens is 202 g/mol.